The quantitative estimate of drug-likeness (QED) is 0.808. The van der Waals surface area contributed by atoms with E-state index in [1.807, 2.05) is 6.07 Å². The van der Waals surface area contributed by atoms with E-state index < -0.39 is 0 Å². The molecule has 1 aromatic carbocycles. The maximum Gasteiger partial charge on any atom is 0.0525 e. The van der Waals surface area contributed by atoms with Crippen LogP contribution in [0.3, 0.4) is 0 Å². The molecule has 1 fully saturated rings. The molecule has 0 aliphatic heterocycles. The van der Waals surface area contributed by atoms with Crippen LogP contribution in [0.1, 0.15) is 24.0 Å². The summed E-state index contributed by atoms with van der Waals surface area (Å²) in [6.45, 7) is 2.06. The third-order valence-corrected chi connectivity index (χ3v) is 4.07. The Labute approximate surface area is 100.0 Å². The van der Waals surface area contributed by atoms with Crippen LogP contribution in [-0.4, -0.2) is 4.57 Å². The molecule has 84 valence electrons. The average Bonchev–Trinajstić information content (AvgIpc) is 2.88. The summed E-state index contributed by atoms with van der Waals surface area (Å²) in [5, 5.41) is 2.08. The molecular weight excluding hydrogens is 220 g/mol. The fourth-order valence-corrected chi connectivity index (χ4v) is 2.63. The summed E-state index contributed by atoms with van der Waals surface area (Å²) in [4.78, 5) is 0. The number of hydrogen-bond donors (Lipinski definition) is 1. The predicted molar refractivity (Wildman–Crippen MR) is 67.8 cm³/mol. The number of aromatic nitrogens is 1. The summed E-state index contributed by atoms with van der Waals surface area (Å²) in [7, 11) is 2.06. The first-order valence-corrected chi connectivity index (χ1v) is 5.94. The topological polar surface area (TPSA) is 30.9 Å². The Morgan fingerprint density at radius 2 is 2.06 bits per heavy atom. The third-order valence-electron chi connectivity index (χ3n) is 3.66. The number of aryl methyl sites for hydroxylation is 2. The van der Waals surface area contributed by atoms with E-state index in [0.29, 0.717) is 0 Å². The highest BCUT2D eigenvalue weighted by atomic mass is 35.5. The second-order valence-electron chi connectivity index (χ2n) is 4.88. The van der Waals surface area contributed by atoms with Crippen molar-refractivity contribution in [3.8, 4) is 0 Å². The Balaban J connectivity index is 2.38. The molecular formula is C13H15ClN2. The van der Waals surface area contributed by atoms with E-state index in [4.69, 9.17) is 17.3 Å². The average molecular weight is 235 g/mol. The van der Waals surface area contributed by atoms with Gasteiger partial charge in [0.15, 0.2) is 0 Å². The van der Waals surface area contributed by atoms with Gasteiger partial charge in [-0.2, -0.15) is 0 Å². The van der Waals surface area contributed by atoms with Crippen molar-refractivity contribution < 1.29 is 0 Å². The summed E-state index contributed by atoms with van der Waals surface area (Å²) < 4.78 is 2.14. The van der Waals surface area contributed by atoms with E-state index in [9.17, 15) is 0 Å². The van der Waals surface area contributed by atoms with Gasteiger partial charge in [0, 0.05) is 29.2 Å². The molecule has 2 nitrogen and oxygen atoms in total. The number of hydrogen-bond acceptors (Lipinski definition) is 1. The summed E-state index contributed by atoms with van der Waals surface area (Å²) in [6.07, 6.45) is 4.34. The van der Waals surface area contributed by atoms with Gasteiger partial charge >= 0.3 is 0 Å². The van der Waals surface area contributed by atoms with Gasteiger partial charge in [-0.05, 0) is 37.0 Å². The fourth-order valence-electron chi connectivity index (χ4n) is 2.48. The number of nitrogens with zero attached hydrogens (tertiary/aromatic N) is 1. The van der Waals surface area contributed by atoms with Crippen molar-refractivity contribution in [2.75, 3.05) is 0 Å². The second-order valence-corrected chi connectivity index (χ2v) is 5.29. The van der Waals surface area contributed by atoms with Gasteiger partial charge in [0.05, 0.1) is 5.52 Å². The lowest BCUT2D eigenvalue weighted by Crippen LogP contribution is -2.18. The van der Waals surface area contributed by atoms with Crippen molar-refractivity contribution in [3.05, 3.63) is 34.5 Å². The molecule has 0 radical (unpaired) electrons. The van der Waals surface area contributed by atoms with Crippen LogP contribution in [0.25, 0.3) is 10.9 Å². The molecule has 3 heteroatoms. The Bertz CT molecular complexity index is 579. The number of benzene rings is 1. The number of rotatable bonds is 1. The van der Waals surface area contributed by atoms with Crippen LogP contribution in [0.2, 0.25) is 5.02 Å². The highest BCUT2D eigenvalue weighted by Gasteiger charge is 2.42. The third kappa shape index (κ3) is 1.23. The number of halogens is 1. The van der Waals surface area contributed by atoms with E-state index in [-0.39, 0.29) is 5.54 Å². The van der Waals surface area contributed by atoms with E-state index in [1.165, 1.54) is 16.5 Å². The van der Waals surface area contributed by atoms with E-state index >= 15 is 0 Å². The van der Waals surface area contributed by atoms with Gasteiger partial charge in [-0.1, -0.05) is 17.7 Å². The van der Waals surface area contributed by atoms with E-state index in [2.05, 4.69) is 30.8 Å². The maximum absolute atomic E-state index is 6.29. The highest BCUT2D eigenvalue weighted by molar-refractivity contribution is 6.32. The van der Waals surface area contributed by atoms with Crippen molar-refractivity contribution in [2.45, 2.75) is 25.3 Å². The van der Waals surface area contributed by atoms with E-state index in [0.717, 1.165) is 23.4 Å². The summed E-state index contributed by atoms with van der Waals surface area (Å²) in [6, 6.07) is 4.06. The lowest BCUT2D eigenvalue weighted by atomic mass is 10.0. The molecule has 16 heavy (non-hydrogen) atoms. The summed E-state index contributed by atoms with van der Waals surface area (Å²) in [5.41, 5.74) is 9.82. The zero-order valence-corrected chi connectivity index (χ0v) is 10.3. The molecule has 1 saturated carbocycles. The van der Waals surface area contributed by atoms with Gasteiger partial charge in [-0.25, -0.2) is 0 Å². The minimum absolute atomic E-state index is 0.0836. The Morgan fingerprint density at radius 1 is 1.38 bits per heavy atom. The van der Waals surface area contributed by atoms with Gasteiger partial charge < -0.3 is 10.3 Å². The number of fused-ring (bicyclic) bond motifs is 1. The molecule has 1 aliphatic rings. The van der Waals surface area contributed by atoms with Crippen LogP contribution in [-0.2, 0) is 12.6 Å². The summed E-state index contributed by atoms with van der Waals surface area (Å²) >= 11 is 6.15. The minimum atomic E-state index is -0.0836. The van der Waals surface area contributed by atoms with Crippen LogP contribution >= 0.6 is 11.6 Å². The molecule has 0 saturated heterocycles. The zero-order valence-electron chi connectivity index (χ0n) is 9.55. The first-order chi connectivity index (χ1) is 7.53. The molecule has 1 aliphatic carbocycles. The Kier molecular flexibility index (Phi) is 1.92. The molecule has 0 unspecified atom stereocenters. The molecule has 0 spiro atoms. The van der Waals surface area contributed by atoms with Gasteiger partial charge in [0.25, 0.3) is 0 Å². The molecule has 2 aromatic rings. The van der Waals surface area contributed by atoms with Crippen molar-refractivity contribution >= 4 is 22.5 Å². The zero-order chi connectivity index (χ0) is 11.5. The molecule has 0 bridgehead atoms. The van der Waals surface area contributed by atoms with Crippen LogP contribution in [0.4, 0.5) is 0 Å². The SMILES string of the molecule is Cc1c(Cl)ccc2c(C3(N)CC3)cn(C)c12. The number of nitrogens with two attached hydrogens (primary N) is 1. The molecule has 2 N–H and O–H groups in total. The fraction of sp³-hybridized carbons (Fsp3) is 0.385. The largest absolute Gasteiger partial charge is 0.350 e. The first-order valence-electron chi connectivity index (χ1n) is 5.56. The normalized spacial score (nSPS) is 18.0. The maximum atomic E-state index is 6.29. The van der Waals surface area contributed by atoms with Crippen LogP contribution in [0, 0.1) is 6.92 Å². The Hall–Kier alpha value is -0.990. The molecule has 1 heterocycles. The van der Waals surface area contributed by atoms with Crippen molar-refractivity contribution in [1.29, 1.82) is 0 Å². The smallest absolute Gasteiger partial charge is 0.0525 e. The molecule has 0 amide bonds. The van der Waals surface area contributed by atoms with Crippen molar-refractivity contribution in [3.63, 3.8) is 0 Å². The Morgan fingerprint density at radius 3 is 2.69 bits per heavy atom. The van der Waals surface area contributed by atoms with Crippen LogP contribution in [0.15, 0.2) is 18.3 Å². The monoisotopic (exact) mass is 234 g/mol. The highest BCUT2D eigenvalue weighted by Crippen LogP contribution is 2.46. The van der Waals surface area contributed by atoms with Gasteiger partial charge in [0.1, 0.15) is 0 Å². The summed E-state index contributed by atoms with van der Waals surface area (Å²) in [5.74, 6) is 0. The van der Waals surface area contributed by atoms with Gasteiger partial charge in [-0.15, -0.1) is 0 Å². The first kappa shape index (κ1) is 10.2. The van der Waals surface area contributed by atoms with Gasteiger partial charge in [0.2, 0.25) is 0 Å². The van der Waals surface area contributed by atoms with Gasteiger partial charge in [-0.3, -0.25) is 0 Å². The lowest BCUT2D eigenvalue weighted by molar-refractivity contribution is 0.741. The van der Waals surface area contributed by atoms with Crippen molar-refractivity contribution in [2.24, 2.45) is 12.8 Å². The molecule has 1 aromatic heterocycles. The van der Waals surface area contributed by atoms with Crippen LogP contribution in [0.5, 0.6) is 0 Å². The second kappa shape index (κ2) is 3.02. The standard InChI is InChI=1S/C13H15ClN2/c1-8-11(14)4-3-9-10(13(15)5-6-13)7-16(2)12(8)9/h3-4,7H,5-6,15H2,1-2H3. The molecule has 3 rings (SSSR count). The van der Waals surface area contributed by atoms with E-state index in [1.54, 1.807) is 0 Å². The molecule has 0 atom stereocenters. The van der Waals surface area contributed by atoms with Crippen LogP contribution < -0.4 is 5.73 Å². The van der Waals surface area contributed by atoms with Crippen molar-refractivity contribution in [1.82, 2.24) is 4.57 Å². The lowest BCUT2D eigenvalue weighted by Gasteiger charge is -2.07. The minimum Gasteiger partial charge on any atom is -0.350 e. The predicted octanol–water partition coefficient (Wildman–Crippen LogP) is 3.09.